The number of benzene rings is 3. The number of nitrogens with zero attached hydrogens (tertiary/aromatic N) is 1. The number of hydrogen-bond acceptors (Lipinski definition) is 5. The Labute approximate surface area is 198 Å². The molecule has 0 N–H and O–H groups in total. The first-order chi connectivity index (χ1) is 15.9. The van der Waals surface area contributed by atoms with Crippen LogP contribution in [0.5, 0.6) is 11.5 Å². The Morgan fingerprint density at radius 2 is 1.76 bits per heavy atom. The lowest BCUT2D eigenvalue weighted by Crippen LogP contribution is -2.29. The zero-order chi connectivity index (χ0) is 23.3. The van der Waals surface area contributed by atoms with Gasteiger partial charge in [-0.2, -0.15) is 0 Å². The molecule has 0 spiro atoms. The molecule has 1 amide bonds. The maximum absolute atomic E-state index is 13.6. The predicted octanol–water partition coefficient (Wildman–Crippen LogP) is 5.87. The molecular weight excluding hydrogens is 465 g/mol. The van der Waals surface area contributed by atoms with E-state index in [9.17, 15) is 9.59 Å². The number of hydrogen-bond donors (Lipinski definition) is 0. The molecule has 0 saturated heterocycles. The summed E-state index contributed by atoms with van der Waals surface area (Å²) in [6.07, 6.45) is 0. The molecule has 0 fully saturated rings. The summed E-state index contributed by atoms with van der Waals surface area (Å²) in [6.45, 7) is 0. The van der Waals surface area contributed by atoms with Crippen LogP contribution in [0.4, 0.5) is 5.69 Å². The van der Waals surface area contributed by atoms with Crippen LogP contribution in [-0.2, 0) is 0 Å². The van der Waals surface area contributed by atoms with Gasteiger partial charge in [0, 0.05) is 10.7 Å². The van der Waals surface area contributed by atoms with Crippen molar-refractivity contribution in [2.75, 3.05) is 19.1 Å². The number of carbonyl (C=O) groups is 1. The number of fused-ring (bicyclic) bond motifs is 2. The molecule has 5 rings (SSSR count). The fourth-order valence-corrected chi connectivity index (χ4v) is 4.57. The van der Waals surface area contributed by atoms with Gasteiger partial charge in [0.15, 0.2) is 5.43 Å². The molecule has 1 aliphatic heterocycles. The normalized spacial score (nSPS) is 15.1. The van der Waals surface area contributed by atoms with Gasteiger partial charge in [0.05, 0.1) is 36.2 Å². The summed E-state index contributed by atoms with van der Waals surface area (Å²) in [4.78, 5) is 28.7. The second-order valence-corrected chi connectivity index (χ2v) is 8.33. The standard InChI is InChI=1S/C25H17Cl2NO5/c1-31-16-5-3-4-13(10-16)22-21-23(29)17-11-14(26)6-8-19(17)33-24(21)25(30)28(22)15-7-9-20(32-2)18(27)12-15/h3-12,22H,1-2H3. The van der Waals surface area contributed by atoms with E-state index in [1.54, 1.807) is 61.7 Å². The highest BCUT2D eigenvalue weighted by Crippen LogP contribution is 2.43. The van der Waals surface area contributed by atoms with E-state index in [-0.39, 0.29) is 22.3 Å². The van der Waals surface area contributed by atoms with Gasteiger partial charge in [-0.25, -0.2) is 0 Å². The maximum atomic E-state index is 13.6. The van der Waals surface area contributed by atoms with E-state index in [4.69, 9.17) is 37.1 Å². The average molecular weight is 482 g/mol. The van der Waals surface area contributed by atoms with Crippen LogP contribution in [0, 0.1) is 0 Å². The zero-order valence-corrected chi connectivity index (χ0v) is 19.1. The van der Waals surface area contributed by atoms with Gasteiger partial charge in [0.2, 0.25) is 5.76 Å². The topological polar surface area (TPSA) is 69.0 Å². The minimum absolute atomic E-state index is 0.0189. The zero-order valence-electron chi connectivity index (χ0n) is 17.6. The molecule has 1 unspecified atom stereocenters. The molecule has 1 atom stereocenters. The van der Waals surface area contributed by atoms with Crippen LogP contribution in [0.3, 0.4) is 0 Å². The van der Waals surface area contributed by atoms with E-state index >= 15 is 0 Å². The Morgan fingerprint density at radius 1 is 0.939 bits per heavy atom. The van der Waals surface area contributed by atoms with Crippen LogP contribution in [-0.4, -0.2) is 20.1 Å². The van der Waals surface area contributed by atoms with Crippen LogP contribution >= 0.6 is 23.2 Å². The number of ether oxygens (including phenoxy) is 2. The molecule has 6 nitrogen and oxygen atoms in total. The fourth-order valence-electron chi connectivity index (χ4n) is 4.14. The largest absolute Gasteiger partial charge is 0.497 e. The minimum atomic E-state index is -0.758. The molecule has 0 bridgehead atoms. The van der Waals surface area contributed by atoms with Crippen molar-refractivity contribution in [2.45, 2.75) is 6.04 Å². The van der Waals surface area contributed by atoms with Crippen molar-refractivity contribution >= 4 is 45.8 Å². The van der Waals surface area contributed by atoms with Crippen LogP contribution in [0.2, 0.25) is 10.0 Å². The lowest BCUT2D eigenvalue weighted by molar-refractivity contribution is 0.0971. The molecule has 1 aliphatic rings. The highest BCUT2D eigenvalue weighted by atomic mass is 35.5. The van der Waals surface area contributed by atoms with Crippen LogP contribution in [0.25, 0.3) is 11.0 Å². The van der Waals surface area contributed by atoms with E-state index in [1.165, 1.54) is 12.0 Å². The Bertz CT molecular complexity index is 1480. The number of carbonyl (C=O) groups excluding carboxylic acids is 1. The summed E-state index contributed by atoms with van der Waals surface area (Å²) in [6, 6.07) is 16.2. The number of amides is 1. The number of methoxy groups -OCH3 is 2. The van der Waals surface area contributed by atoms with Gasteiger partial charge in [-0.3, -0.25) is 14.5 Å². The van der Waals surface area contributed by atoms with E-state index in [1.807, 2.05) is 6.07 Å². The number of rotatable bonds is 4. The molecule has 0 aliphatic carbocycles. The van der Waals surface area contributed by atoms with Crippen molar-refractivity contribution in [3.8, 4) is 11.5 Å². The second-order valence-electron chi connectivity index (χ2n) is 7.49. The average Bonchev–Trinajstić information content (AvgIpc) is 3.12. The molecule has 3 aromatic carbocycles. The van der Waals surface area contributed by atoms with Gasteiger partial charge in [-0.1, -0.05) is 35.3 Å². The summed E-state index contributed by atoms with van der Waals surface area (Å²) in [5, 5.41) is 1.03. The lowest BCUT2D eigenvalue weighted by atomic mass is 9.98. The molecule has 2 heterocycles. The Kier molecular flexibility index (Phi) is 5.27. The van der Waals surface area contributed by atoms with Gasteiger partial charge >= 0.3 is 0 Å². The fraction of sp³-hybridized carbons (Fsp3) is 0.120. The summed E-state index contributed by atoms with van der Waals surface area (Å²) >= 11 is 12.5. The van der Waals surface area contributed by atoms with Crippen LogP contribution in [0.15, 0.2) is 69.9 Å². The second kappa shape index (κ2) is 8.14. The van der Waals surface area contributed by atoms with E-state index < -0.39 is 11.9 Å². The molecule has 33 heavy (non-hydrogen) atoms. The Hall–Kier alpha value is -3.48. The molecule has 0 radical (unpaired) electrons. The van der Waals surface area contributed by atoms with Crippen molar-refractivity contribution in [3.63, 3.8) is 0 Å². The first-order valence-corrected chi connectivity index (χ1v) is 10.8. The lowest BCUT2D eigenvalue weighted by Gasteiger charge is -2.26. The molecule has 1 aromatic heterocycles. The van der Waals surface area contributed by atoms with Crippen molar-refractivity contribution in [1.82, 2.24) is 0 Å². The van der Waals surface area contributed by atoms with Gasteiger partial charge in [-0.05, 0) is 54.1 Å². The Morgan fingerprint density at radius 3 is 2.48 bits per heavy atom. The highest BCUT2D eigenvalue weighted by Gasteiger charge is 2.44. The molecular formula is C25H17Cl2NO5. The highest BCUT2D eigenvalue weighted by molar-refractivity contribution is 6.32. The first kappa shape index (κ1) is 21.4. The predicted molar refractivity (Wildman–Crippen MR) is 127 cm³/mol. The summed E-state index contributed by atoms with van der Waals surface area (Å²) in [5.41, 5.74) is 1.37. The number of halogens is 2. The monoisotopic (exact) mass is 481 g/mol. The van der Waals surface area contributed by atoms with E-state index in [0.29, 0.717) is 38.2 Å². The van der Waals surface area contributed by atoms with Crippen LogP contribution in [0.1, 0.15) is 27.7 Å². The van der Waals surface area contributed by atoms with Gasteiger partial charge in [0.1, 0.15) is 17.1 Å². The van der Waals surface area contributed by atoms with Crippen molar-refractivity contribution in [1.29, 1.82) is 0 Å². The van der Waals surface area contributed by atoms with Gasteiger partial charge in [0.25, 0.3) is 5.91 Å². The third-order valence-corrected chi connectivity index (χ3v) is 6.19. The van der Waals surface area contributed by atoms with Crippen molar-refractivity contribution < 1.29 is 18.7 Å². The SMILES string of the molecule is COc1cccc(C2c3c(oc4ccc(Cl)cc4c3=O)C(=O)N2c2ccc(OC)c(Cl)c2)c1. The quantitative estimate of drug-likeness (QED) is 0.364. The Balaban J connectivity index is 1.80. The van der Waals surface area contributed by atoms with Gasteiger partial charge < -0.3 is 13.9 Å². The van der Waals surface area contributed by atoms with Crippen LogP contribution < -0.4 is 19.8 Å². The van der Waals surface area contributed by atoms with Gasteiger partial charge in [-0.15, -0.1) is 0 Å². The van der Waals surface area contributed by atoms with Crippen molar-refractivity contribution in [2.24, 2.45) is 0 Å². The summed E-state index contributed by atoms with van der Waals surface area (Å²) < 4.78 is 16.6. The van der Waals surface area contributed by atoms with Crippen molar-refractivity contribution in [3.05, 3.63) is 97.8 Å². The summed E-state index contributed by atoms with van der Waals surface area (Å²) in [5.74, 6) is 0.592. The molecule has 0 saturated carbocycles. The minimum Gasteiger partial charge on any atom is -0.497 e. The first-order valence-electron chi connectivity index (χ1n) is 10.00. The molecule has 4 aromatic rings. The molecule has 8 heteroatoms. The van der Waals surface area contributed by atoms with E-state index in [2.05, 4.69) is 0 Å². The van der Waals surface area contributed by atoms with E-state index in [0.717, 1.165) is 0 Å². The maximum Gasteiger partial charge on any atom is 0.295 e. The molecule has 166 valence electrons. The number of anilines is 1. The summed E-state index contributed by atoms with van der Waals surface area (Å²) in [7, 11) is 3.06. The third-order valence-electron chi connectivity index (χ3n) is 5.66. The third kappa shape index (κ3) is 3.43. The smallest absolute Gasteiger partial charge is 0.295 e.